The van der Waals surface area contributed by atoms with Crippen molar-refractivity contribution in [2.24, 2.45) is 11.7 Å². The van der Waals surface area contributed by atoms with Gasteiger partial charge in [0.1, 0.15) is 6.61 Å². The van der Waals surface area contributed by atoms with Crippen molar-refractivity contribution in [2.45, 2.75) is 50.9 Å². The molecule has 0 radical (unpaired) electrons. The summed E-state index contributed by atoms with van der Waals surface area (Å²) in [5, 5.41) is 10.7. The second kappa shape index (κ2) is 5.83. The standard InChI is InChI=1S/C19H26N2O3/c1-12-14(3-4-15-16(12)11-24-18(15)23)17(22)10-21-8-5-13(9-21)19(20)6-2-7-19/h3-4,13,17,22H,2,5-11,20H2,1H3/t13?,17-/m0/s1. The number of hydrogen-bond acceptors (Lipinski definition) is 5. The Morgan fingerprint density at radius 3 is 2.96 bits per heavy atom. The fraction of sp³-hybridized carbons (Fsp3) is 0.632. The Hall–Kier alpha value is -1.43. The third-order valence-corrected chi connectivity index (χ3v) is 6.37. The van der Waals surface area contributed by atoms with Gasteiger partial charge in [-0.3, -0.25) is 0 Å². The van der Waals surface area contributed by atoms with E-state index in [0.717, 1.165) is 49.0 Å². The number of nitrogens with zero attached hydrogens (tertiary/aromatic N) is 1. The van der Waals surface area contributed by atoms with Crippen LogP contribution in [0.2, 0.25) is 0 Å². The van der Waals surface area contributed by atoms with E-state index in [9.17, 15) is 9.90 Å². The Kier molecular flexibility index (Phi) is 3.90. The third-order valence-electron chi connectivity index (χ3n) is 6.37. The van der Waals surface area contributed by atoms with Gasteiger partial charge in [0.25, 0.3) is 0 Å². The second-order valence-electron chi connectivity index (χ2n) is 7.73. The number of benzene rings is 1. The SMILES string of the molecule is Cc1c([C@@H](O)CN2CCC(C3(N)CCC3)C2)ccc2c1COC2=O. The van der Waals surface area contributed by atoms with Crippen molar-refractivity contribution in [1.82, 2.24) is 4.90 Å². The third kappa shape index (κ3) is 2.55. The van der Waals surface area contributed by atoms with Crippen LogP contribution in [-0.2, 0) is 11.3 Å². The number of carbonyl (C=O) groups is 1. The molecule has 0 spiro atoms. The van der Waals surface area contributed by atoms with E-state index in [0.29, 0.717) is 24.6 Å². The van der Waals surface area contributed by atoms with E-state index in [1.807, 2.05) is 13.0 Å². The quantitative estimate of drug-likeness (QED) is 0.825. The van der Waals surface area contributed by atoms with E-state index in [4.69, 9.17) is 10.5 Å². The summed E-state index contributed by atoms with van der Waals surface area (Å²) >= 11 is 0. The van der Waals surface area contributed by atoms with Gasteiger partial charge in [0.15, 0.2) is 0 Å². The monoisotopic (exact) mass is 330 g/mol. The van der Waals surface area contributed by atoms with Crippen molar-refractivity contribution < 1.29 is 14.6 Å². The number of β-amino-alcohol motifs (C(OH)–C–C–N with tert-alkyl or cyclic N) is 1. The van der Waals surface area contributed by atoms with Crippen LogP contribution in [0.25, 0.3) is 0 Å². The molecule has 1 unspecified atom stereocenters. The maximum atomic E-state index is 11.6. The number of cyclic esters (lactones) is 1. The number of esters is 1. The van der Waals surface area contributed by atoms with Crippen molar-refractivity contribution >= 4 is 5.97 Å². The molecular formula is C19H26N2O3. The smallest absolute Gasteiger partial charge is 0.338 e. The summed E-state index contributed by atoms with van der Waals surface area (Å²) < 4.78 is 5.10. The van der Waals surface area contributed by atoms with Crippen LogP contribution in [0.5, 0.6) is 0 Å². The first-order valence-corrected chi connectivity index (χ1v) is 8.97. The van der Waals surface area contributed by atoms with Gasteiger partial charge in [-0.15, -0.1) is 0 Å². The van der Waals surface area contributed by atoms with Gasteiger partial charge in [-0.1, -0.05) is 6.07 Å². The van der Waals surface area contributed by atoms with Gasteiger partial charge in [-0.05, 0) is 62.3 Å². The molecular weight excluding hydrogens is 304 g/mol. The maximum absolute atomic E-state index is 11.6. The van der Waals surface area contributed by atoms with Crippen LogP contribution in [0, 0.1) is 12.8 Å². The fourth-order valence-corrected chi connectivity index (χ4v) is 4.53. The molecule has 0 aromatic heterocycles. The zero-order valence-corrected chi connectivity index (χ0v) is 14.3. The van der Waals surface area contributed by atoms with E-state index >= 15 is 0 Å². The molecule has 130 valence electrons. The van der Waals surface area contributed by atoms with Gasteiger partial charge < -0.3 is 20.5 Å². The number of fused-ring (bicyclic) bond motifs is 1. The predicted octanol–water partition coefficient (Wildman–Crippen LogP) is 1.90. The minimum atomic E-state index is -0.542. The number of carbonyl (C=O) groups excluding carboxylic acids is 1. The molecule has 2 atom stereocenters. The number of ether oxygens (including phenoxy) is 1. The summed E-state index contributed by atoms with van der Waals surface area (Å²) in [5.41, 5.74) is 9.97. The Balaban J connectivity index is 1.44. The van der Waals surface area contributed by atoms with Crippen molar-refractivity contribution in [3.63, 3.8) is 0 Å². The molecule has 1 saturated heterocycles. The summed E-state index contributed by atoms with van der Waals surface area (Å²) in [5.74, 6) is 0.302. The zero-order valence-electron chi connectivity index (χ0n) is 14.3. The van der Waals surface area contributed by atoms with E-state index in [1.165, 1.54) is 6.42 Å². The van der Waals surface area contributed by atoms with Crippen LogP contribution in [0.1, 0.15) is 58.8 Å². The molecule has 2 fully saturated rings. The molecule has 5 heteroatoms. The maximum Gasteiger partial charge on any atom is 0.338 e. The Morgan fingerprint density at radius 1 is 1.46 bits per heavy atom. The molecule has 1 aromatic carbocycles. The van der Waals surface area contributed by atoms with Gasteiger partial charge in [-0.25, -0.2) is 4.79 Å². The van der Waals surface area contributed by atoms with Gasteiger partial charge in [-0.2, -0.15) is 0 Å². The molecule has 0 bridgehead atoms. The molecule has 4 rings (SSSR count). The number of nitrogens with two attached hydrogens (primary N) is 1. The molecule has 3 aliphatic rings. The van der Waals surface area contributed by atoms with E-state index in [1.54, 1.807) is 6.07 Å². The van der Waals surface area contributed by atoms with Crippen molar-refractivity contribution in [3.8, 4) is 0 Å². The average Bonchev–Trinajstić information content (AvgIpc) is 3.13. The van der Waals surface area contributed by atoms with E-state index < -0.39 is 6.10 Å². The lowest BCUT2D eigenvalue weighted by Gasteiger charge is -2.43. The topological polar surface area (TPSA) is 75.8 Å². The van der Waals surface area contributed by atoms with Crippen LogP contribution in [0.15, 0.2) is 12.1 Å². The largest absolute Gasteiger partial charge is 0.457 e. The van der Waals surface area contributed by atoms with E-state index in [-0.39, 0.29) is 11.5 Å². The van der Waals surface area contributed by atoms with Crippen LogP contribution >= 0.6 is 0 Å². The predicted molar refractivity (Wildman–Crippen MR) is 90.6 cm³/mol. The van der Waals surface area contributed by atoms with Crippen LogP contribution in [-0.4, -0.2) is 41.1 Å². The summed E-state index contributed by atoms with van der Waals surface area (Å²) in [7, 11) is 0. The minimum absolute atomic E-state index is 0.0425. The van der Waals surface area contributed by atoms with Gasteiger partial charge in [0.05, 0.1) is 11.7 Å². The lowest BCUT2D eigenvalue weighted by molar-refractivity contribution is 0.0535. The summed E-state index contributed by atoms with van der Waals surface area (Å²) in [6.07, 6.45) is 4.14. The van der Waals surface area contributed by atoms with Crippen molar-refractivity contribution in [3.05, 3.63) is 34.4 Å². The van der Waals surface area contributed by atoms with Crippen molar-refractivity contribution in [2.75, 3.05) is 19.6 Å². The molecule has 24 heavy (non-hydrogen) atoms. The molecule has 2 heterocycles. The Morgan fingerprint density at radius 2 is 2.25 bits per heavy atom. The molecule has 5 nitrogen and oxygen atoms in total. The van der Waals surface area contributed by atoms with Crippen LogP contribution in [0.4, 0.5) is 0 Å². The fourth-order valence-electron chi connectivity index (χ4n) is 4.53. The van der Waals surface area contributed by atoms with Crippen molar-refractivity contribution in [1.29, 1.82) is 0 Å². The molecule has 1 saturated carbocycles. The highest BCUT2D eigenvalue weighted by atomic mass is 16.5. The lowest BCUT2D eigenvalue weighted by atomic mass is 9.68. The first-order valence-electron chi connectivity index (χ1n) is 8.97. The number of aliphatic hydroxyl groups excluding tert-OH is 1. The summed E-state index contributed by atoms with van der Waals surface area (Å²) in [6, 6.07) is 3.65. The van der Waals surface area contributed by atoms with E-state index in [2.05, 4.69) is 4.90 Å². The lowest BCUT2D eigenvalue weighted by Crippen LogP contribution is -2.53. The first-order chi connectivity index (χ1) is 11.5. The molecule has 3 N–H and O–H groups in total. The summed E-state index contributed by atoms with van der Waals surface area (Å²) in [4.78, 5) is 14.0. The average molecular weight is 330 g/mol. The van der Waals surface area contributed by atoms with Gasteiger partial charge in [0.2, 0.25) is 0 Å². The molecule has 1 aliphatic carbocycles. The van der Waals surface area contributed by atoms with Crippen LogP contribution < -0.4 is 5.73 Å². The molecule has 2 aliphatic heterocycles. The number of likely N-dealkylation sites (tertiary alicyclic amines) is 1. The normalized spacial score (nSPS) is 26.8. The number of aliphatic hydroxyl groups is 1. The van der Waals surface area contributed by atoms with Gasteiger partial charge >= 0.3 is 5.97 Å². The molecule has 1 aromatic rings. The Labute approximate surface area is 142 Å². The Bertz CT molecular complexity index is 669. The molecule has 0 amide bonds. The first kappa shape index (κ1) is 16.1. The highest BCUT2D eigenvalue weighted by Crippen LogP contribution is 2.40. The highest BCUT2D eigenvalue weighted by Gasteiger charge is 2.43. The highest BCUT2D eigenvalue weighted by molar-refractivity contribution is 5.93. The van der Waals surface area contributed by atoms with Gasteiger partial charge in [0, 0.05) is 24.2 Å². The number of hydrogen-bond donors (Lipinski definition) is 2. The minimum Gasteiger partial charge on any atom is -0.457 e. The number of rotatable bonds is 4. The summed E-state index contributed by atoms with van der Waals surface area (Å²) in [6.45, 7) is 4.91. The second-order valence-corrected chi connectivity index (χ2v) is 7.73. The zero-order chi connectivity index (χ0) is 16.9. The van der Waals surface area contributed by atoms with Crippen LogP contribution in [0.3, 0.4) is 0 Å².